The van der Waals surface area contributed by atoms with E-state index < -0.39 is 6.10 Å². The van der Waals surface area contributed by atoms with Crippen molar-refractivity contribution in [1.82, 2.24) is 9.55 Å². The molecule has 2 saturated heterocycles. The molecule has 0 unspecified atom stereocenters. The number of benzene rings is 1. The van der Waals surface area contributed by atoms with E-state index >= 15 is 0 Å². The van der Waals surface area contributed by atoms with Crippen LogP contribution in [0.15, 0.2) is 30.6 Å². The third-order valence-electron chi connectivity index (χ3n) is 4.68. The summed E-state index contributed by atoms with van der Waals surface area (Å²) in [7, 11) is 0. The van der Waals surface area contributed by atoms with E-state index in [-0.39, 0.29) is 18.2 Å². The molecule has 1 N–H and O–H groups in total. The van der Waals surface area contributed by atoms with Crippen LogP contribution in [-0.2, 0) is 9.47 Å². The van der Waals surface area contributed by atoms with Crippen molar-refractivity contribution in [2.24, 2.45) is 0 Å². The Bertz CT molecular complexity index is 750. The first-order chi connectivity index (χ1) is 12.2. The molecule has 0 amide bonds. The molecular weight excluding hydrogens is 344 g/mol. The lowest BCUT2D eigenvalue weighted by molar-refractivity contribution is 0.0172. The summed E-state index contributed by atoms with van der Waals surface area (Å²) >= 11 is 6.36. The standard InChI is InChI=1S/C18H21ClN2O4/c1-2-7-23-15-4-3-11(8-12(15)19)18-20-5-6-21(18)13-9-24-17-14(22)10-25-16(13)17/h3-6,8,13-14,16-17,22H,2,7,9-10H2,1H3/t13-,14-,16-,17-/m1/s1. The van der Waals surface area contributed by atoms with Crippen LogP contribution >= 0.6 is 11.6 Å². The van der Waals surface area contributed by atoms with Gasteiger partial charge in [0.25, 0.3) is 0 Å². The second kappa shape index (κ2) is 6.96. The molecule has 2 aliphatic rings. The van der Waals surface area contributed by atoms with E-state index in [1.165, 1.54) is 0 Å². The fourth-order valence-corrected chi connectivity index (χ4v) is 3.71. The molecule has 6 nitrogen and oxygen atoms in total. The Kier molecular flexibility index (Phi) is 4.69. The average Bonchev–Trinajstić information content (AvgIpc) is 3.31. The van der Waals surface area contributed by atoms with Gasteiger partial charge in [0.2, 0.25) is 0 Å². The van der Waals surface area contributed by atoms with Crippen molar-refractivity contribution in [3.63, 3.8) is 0 Å². The van der Waals surface area contributed by atoms with Crippen LogP contribution in [0.25, 0.3) is 11.4 Å². The van der Waals surface area contributed by atoms with Gasteiger partial charge >= 0.3 is 0 Å². The predicted molar refractivity (Wildman–Crippen MR) is 93.0 cm³/mol. The maximum atomic E-state index is 9.93. The molecular formula is C18H21ClN2O4. The van der Waals surface area contributed by atoms with Crippen LogP contribution in [0, 0.1) is 0 Å². The highest BCUT2D eigenvalue weighted by molar-refractivity contribution is 6.32. The molecule has 4 rings (SSSR count). The first kappa shape index (κ1) is 16.8. The number of nitrogens with zero attached hydrogens (tertiary/aromatic N) is 2. The highest BCUT2D eigenvalue weighted by Crippen LogP contribution is 2.37. The Hall–Kier alpha value is -1.60. The summed E-state index contributed by atoms with van der Waals surface area (Å²) in [5.74, 6) is 1.47. The minimum Gasteiger partial charge on any atom is -0.492 e. The van der Waals surface area contributed by atoms with Crippen molar-refractivity contribution >= 4 is 11.6 Å². The van der Waals surface area contributed by atoms with E-state index in [0.717, 1.165) is 17.8 Å². The summed E-state index contributed by atoms with van der Waals surface area (Å²) in [6.07, 6.45) is 3.60. The Labute approximate surface area is 151 Å². The number of ether oxygens (including phenoxy) is 3. The van der Waals surface area contributed by atoms with E-state index in [9.17, 15) is 5.11 Å². The molecule has 0 saturated carbocycles. The second-order valence-corrected chi connectivity index (χ2v) is 6.79. The zero-order valence-electron chi connectivity index (χ0n) is 14.0. The lowest BCUT2D eigenvalue weighted by Gasteiger charge is -2.20. The van der Waals surface area contributed by atoms with Gasteiger partial charge in [-0.3, -0.25) is 0 Å². The summed E-state index contributed by atoms with van der Waals surface area (Å²) in [5, 5.41) is 10.5. The first-order valence-corrected chi connectivity index (χ1v) is 8.93. The number of hydrogen-bond donors (Lipinski definition) is 1. The van der Waals surface area contributed by atoms with Gasteiger partial charge in [0.1, 0.15) is 29.9 Å². The van der Waals surface area contributed by atoms with Crippen LogP contribution in [-0.4, -0.2) is 52.8 Å². The van der Waals surface area contributed by atoms with Crippen molar-refractivity contribution in [2.45, 2.75) is 37.7 Å². The van der Waals surface area contributed by atoms with Gasteiger partial charge in [0.05, 0.1) is 30.9 Å². The second-order valence-electron chi connectivity index (χ2n) is 6.38. The molecule has 4 atom stereocenters. The molecule has 7 heteroatoms. The van der Waals surface area contributed by atoms with Gasteiger partial charge in [-0.05, 0) is 24.6 Å². The number of halogens is 1. The van der Waals surface area contributed by atoms with Crippen LogP contribution in [0.3, 0.4) is 0 Å². The number of imidazole rings is 1. The SMILES string of the molecule is CCCOc1ccc(-c2nccn2[C@@H]2CO[C@H]3[C@@H]2OC[C@H]3O)cc1Cl. The Balaban J connectivity index is 1.61. The summed E-state index contributed by atoms with van der Waals surface area (Å²) in [4.78, 5) is 4.49. The molecule has 1 aromatic carbocycles. The van der Waals surface area contributed by atoms with Gasteiger partial charge in [0, 0.05) is 18.0 Å². The molecule has 134 valence electrons. The topological polar surface area (TPSA) is 65.7 Å². The number of hydrogen-bond acceptors (Lipinski definition) is 5. The maximum absolute atomic E-state index is 9.93. The number of aliphatic hydroxyl groups is 1. The first-order valence-electron chi connectivity index (χ1n) is 8.56. The van der Waals surface area contributed by atoms with Gasteiger partial charge in [-0.1, -0.05) is 18.5 Å². The van der Waals surface area contributed by atoms with Crippen LogP contribution in [0.4, 0.5) is 0 Å². The van der Waals surface area contributed by atoms with Gasteiger partial charge in [0.15, 0.2) is 0 Å². The number of aliphatic hydroxyl groups excluding tert-OH is 1. The molecule has 2 aliphatic heterocycles. The third-order valence-corrected chi connectivity index (χ3v) is 4.97. The minimum atomic E-state index is -0.564. The quantitative estimate of drug-likeness (QED) is 0.883. The largest absolute Gasteiger partial charge is 0.492 e. The highest BCUT2D eigenvalue weighted by Gasteiger charge is 2.48. The molecule has 2 fully saturated rings. The third kappa shape index (κ3) is 3.04. The highest BCUT2D eigenvalue weighted by atomic mass is 35.5. The van der Waals surface area contributed by atoms with Crippen molar-refractivity contribution in [3.05, 3.63) is 35.6 Å². The number of rotatable bonds is 5. The van der Waals surface area contributed by atoms with Crippen LogP contribution in [0.2, 0.25) is 5.02 Å². The van der Waals surface area contributed by atoms with Crippen LogP contribution < -0.4 is 4.74 Å². The van der Waals surface area contributed by atoms with Crippen LogP contribution in [0.1, 0.15) is 19.4 Å². The van der Waals surface area contributed by atoms with Crippen molar-refractivity contribution in [2.75, 3.05) is 19.8 Å². The van der Waals surface area contributed by atoms with E-state index in [1.54, 1.807) is 6.20 Å². The van der Waals surface area contributed by atoms with Crippen LogP contribution in [0.5, 0.6) is 5.75 Å². The minimum absolute atomic E-state index is 0.0190. The van der Waals surface area contributed by atoms with Gasteiger partial charge in [-0.15, -0.1) is 0 Å². The van der Waals surface area contributed by atoms with E-state index in [1.807, 2.05) is 29.0 Å². The molecule has 0 aliphatic carbocycles. The molecule has 0 spiro atoms. The fraction of sp³-hybridized carbons (Fsp3) is 0.500. The average molecular weight is 365 g/mol. The Morgan fingerprint density at radius 3 is 2.96 bits per heavy atom. The summed E-state index contributed by atoms with van der Waals surface area (Å²) < 4.78 is 19.1. The van der Waals surface area contributed by atoms with E-state index in [0.29, 0.717) is 30.6 Å². The van der Waals surface area contributed by atoms with Crippen molar-refractivity contribution in [3.8, 4) is 17.1 Å². The van der Waals surface area contributed by atoms with Crippen molar-refractivity contribution < 1.29 is 19.3 Å². The predicted octanol–water partition coefficient (Wildman–Crippen LogP) is 2.69. The number of fused-ring (bicyclic) bond motifs is 1. The molecule has 2 aromatic rings. The van der Waals surface area contributed by atoms with Gasteiger partial charge in [-0.25, -0.2) is 4.98 Å². The molecule has 0 radical (unpaired) electrons. The summed E-state index contributed by atoms with van der Waals surface area (Å²) in [6.45, 7) is 3.49. The monoisotopic (exact) mass is 364 g/mol. The Morgan fingerprint density at radius 2 is 2.16 bits per heavy atom. The number of aromatic nitrogens is 2. The molecule has 25 heavy (non-hydrogen) atoms. The summed E-state index contributed by atoms with van der Waals surface area (Å²) in [6, 6.07) is 5.67. The maximum Gasteiger partial charge on any atom is 0.140 e. The zero-order chi connectivity index (χ0) is 17.4. The lowest BCUT2D eigenvalue weighted by Crippen LogP contribution is -2.30. The summed E-state index contributed by atoms with van der Waals surface area (Å²) in [5.41, 5.74) is 0.904. The lowest BCUT2D eigenvalue weighted by atomic mass is 10.1. The zero-order valence-corrected chi connectivity index (χ0v) is 14.7. The Morgan fingerprint density at radius 1 is 1.32 bits per heavy atom. The van der Waals surface area contributed by atoms with Crippen molar-refractivity contribution in [1.29, 1.82) is 0 Å². The van der Waals surface area contributed by atoms with Gasteiger partial charge < -0.3 is 23.9 Å². The normalized spacial score (nSPS) is 28.3. The molecule has 0 bridgehead atoms. The fourth-order valence-electron chi connectivity index (χ4n) is 3.47. The molecule has 3 heterocycles. The van der Waals surface area contributed by atoms with E-state index in [4.69, 9.17) is 25.8 Å². The smallest absolute Gasteiger partial charge is 0.140 e. The van der Waals surface area contributed by atoms with Gasteiger partial charge in [-0.2, -0.15) is 0 Å². The van der Waals surface area contributed by atoms with E-state index in [2.05, 4.69) is 11.9 Å². The molecule has 1 aromatic heterocycles.